The normalized spacial score (nSPS) is 37.0. The van der Waals surface area contributed by atoms with Gasteiger partial charge in [-0.2, -0.15) is 0 Å². The molecule has 6 unspecified atom stereocenters. The van der Waals surface area contributed by atoms with Crippen molar-refractivity contribution in [2.24, 2.45) is 11.8 Å². The van der Waals surface area contributed by atoms with Gasteiger partial charge in [0.15, 0.2) is 16.6 Å². The molecule has 0 radical (unpaired) electrons. The van der Waals surface area contributed by atoms with Crippen LogP contribution in [0, 0.1) is 11.8 Å². The van der Waals surface area contributed by atoms with Crippen molar-refractivity contribution in [3.05, 3.63) is 6.33 Å². The lowest BCUT2D eigenvalue weighted by molar-refractivity contribution is -0.0323. The van der Waals surface area contributed by atoms with Gasteiger partial charge < -0.3 is 10.5 Å². The molecule has 0 spiro atoms. The molecule has 0 saturated carbocycles. The standard InChI is InChI=1S/C14H22N5O7P3S/c1-7-8(2)13(19-5-16-10-11(15)17-14(30-3)18-12(10)19)24-9(7)4-23-29(22)25-27(20)6-28(21)26-29/h5,7-9,13,27-28H,4,6H2,1-3H3,(H2,15,17,18). The molecule has 6 atom stereocenters. The van der Waals surface area contributed by atoms with Crippen LogP contribution in [-0.4, -0.2) is 44.4 Å². The summed E-state index contributed by atoms with van der Waals surface area (Å²) in [4.78, 5) is 13.0. The first-order chi connectivity index (χ1) is 14.2. The molecule has 2 aliphatic heterocycles. The number of imidazole rings is 1. The summed E-state index contributed by atoms with van der Waals surface area (Å²) in [7, 11) is -9.55. The molecule has 16 heteroatoms. The highest BCUT2D eigenvalue weighted by Gasteiger charge is 2.44. The van der Waals surface area contributed by atoms with Gasteiger partial charge in [-0.05, 0) is 12.2 Å². The van der Waals surface area contributed by atoms with E-state index in [1.54, 1.807) is 10.9 Å². The zero-order valence-electron chi connectivity index (χ0n) is 16.4. The Bertz CT molecular complexity index is 1050. The fourth-order valence-corrected chi connectivity index (χ4v) is 9.62. The third-order valence-corrected chi connectivity index (χ3v) is 11.9. The highest BCUT2D eigenvalue weighted by Crippen LogP contribution is 2.68. The largest absolute Gasteiger partial charge is 0.485 e. The molecule has 12 nitrogen and oxygen atoms in total. The number of rotatable bonds is 5. The fourth-order valence-electron chi connectivity index (χ4n) is 3.40. The van der Waals surface area contributed by atoms with E-state index >= 15 is 0 Å². The fraction of sp³-hybridized carbons (Fsp3) is 0.643. The van der Waals surface area contributed by atoms with Crippen molar-refractivity contribution in [2.45, 2.75) is 31.3 Å². The van der Waals surface area contributed by atoms with Crippen LogP contribution in [-0.2, 0) is 31.6 Å². The topological polar surface area (TPSA) is 158 Å². The number of nitrogens with zero attached hydrogens (tertiary/aromatic N) is 4. The molecule has 4 heterocycles. The van der Waals surface area contributed by atoms with Crippen LogP contribution in [0.15, 0.2) is 11.5 Å². The first-order valence-electron chi connectivity index (χ1n) is 9.09. The molecule has 2 saturated heterocycles. The molecule has 30 heavy (non-hydrogen) atoms. The van der Waals surface area contributed by atoms with Crippen molar-refractivity contribution in [1.29, 1.82) is 0 Å². The summed E-state index contributed by atoms with van der Waals surface area (Å²) < 4.78 is 58.6. The van der Waals surface area contributed by atoms with E-state index in [1.807, 2.05) is 20.1 Å². The van der Waals surface area contributed by atoms with Crippen LogP contribution >= 0.6 is 35.6 Å². The molecular weight excluding hydrogens is 475 g/mol. The molecule has 0 aromatic carbocycles. The SMILES string of the molecule is CSc1nc(N)c2ncn(C3OC(COP4(=O)O[PH](=O)C[PH](=O)O4)C(C)C3C)c2n1. The van der Waals surface area contributed by atoms with Crippen molar-refractivity contribution < 1.29 is 31.6 Å². The average molecular weight is 497 g/mol. The molecular formula is C14H22N5O7P3S. The van der Waals surface area contributed by atoms with Crippen molar-refractivity contribution in [2.75, 3.05) is 24.5 Å². The maximum atomic E-state index is 12.5. The van der Waals surface area contributed by atoms with E-state index in [2.05, 4.69) is 15.0 Å². The summed E-state index contributed by atoms with van der Waals surface area (Å²) in [5.74, 6) is 0.0840. The number of fused-ring (bicyclic) bond motifs is 1. The van der Waals surface area contributed by atoms with E-state index in [0.717, 1.165) is 0 Å². The number of hydrogen-bond acceptors (Lipinski definition) is 12. The molecule has 0 bridgehead atoms. The molecule has 2 N–H and O–H groups in total. The van der Waals surface area contributed by atoms with Crippen LogP contribution in [0.1, 0.15) is 20.1 Å². The Labute approximate surface area is 178 Å². The van der Waals surface area contributed by atoms with Crippen molar-refractivity contribution >= 4 is 52.6 Å². The molecule has 4 rings (SSSR count). The minimum Gasteiger partial charge on any atom is -0.382 e. The van der Waals surface area contributed by atoms with E-state index in [0.29, 0.717) is 16.3 Å². The van der Waals surface area contributed by atoms with Gasteiger partial charge in [0.25, 0.3) is 0 Å². The third-order valence-electron chi connectivity index (χ3n) is 5.18. The highest BCUT2D eigenvalue weighted by molar-refractivity contribution is 7.98. The van der Waals surface area contributed by atoms with Crippen LogP contribution in [0.3, 0.4) is 0 Å². The molecule has 2 aromatic rings. The third kappa shape index (κ3) is 4.27. The molecule has 2 fully saturated rings. The summed E-state index contributed by atoms with van der Waals surface area (Å²) in [6, 6.07) is 0. The van der Waals surface area contributed by atoms with Crippen LogP contribution in [0.5, 0.6) is 0 Å². The zero-order chi connectivity index (χ0) is 21.6. The Kier molecular flexibility index (Phi) is 6.46. The Morgan fingerprint density at radius 1 is 1.30 bits per heavy atom. The monoisotopic (exact) mass is 497 g/mol. The van der Waals surface area contributed by atoms with Crippen LogP contribution in [0.2, 0.25) is 0 Å². The second-order valence-electron chi connectivity index (χ2n) is 7.05. The molecule has 2 aliphatic rings. The highest BCUT2D eigenvalue weighted by atomic mass is 32.2. The summed E-state index contributed by atoms with van der Waals surface area (Å²) in [6.45, 7) is 3.84. The zero-order valence-corrected chi connectivity index (χ0v) is 20.1. The number of nitrogen functional groups attached to an aromatic ring is 1. The van der Waals surface area contributed by atoms with Gasteiger partial charge in [0.2, 0.25) is 16.1 Å². The average Bonchev–Trinajstić information content (AvgIpc) is 3.21. The van der Waals surface area contributed by atoms with Gasteiger partial charge >= 0.3 is 7.82 Å². The first-order valence-corrected chi connectivity index (χ1v) is 14.8. The van der Waals surface area contributed by atoms with E-state index < -0.39 is 36.2 Å². The van der Waals surface area contributed by atoms with Crippen molar-refractivity contribution in [3.63, 3.8) is 0 Å². The van der Waals surface area contributed by atoms with Crippen molar-refractivity contribution in [1.82, 2.24) is 19.5 Å². The smallest absolute Gasteiger partial charge is 0.382 e. The minimum atomic E-state index is -4.13. The van der Waals surface area contributed by atoms with E-state index in [9.17, 15) is 13.7 Å². The molecule has 166 valence electrons. The van der Waals surface area contributed by atoms with E-state index in [1.165, 1.54) is 11.8 Å². The predicted octanol–water partition coefficient (Wildman–Crippen LogP) is 3.38. The molecule has 0 aliphatic carbocycles. The Morgan fingerprint density at radius 2 is 2.00 bits per heavy atom. The van der Waals surface area contributed by atoms with Gasteiger partial charge in [0.1, 0.15) is 11.7 Å². The van der Waals surface area contributed by atoms with Gasteiger partial charge in [-0.15, -0.1) is 0 Å². The second-order valence-corrected chi connectivity index (χ2v) is 13.3. The summed E-state index contributed by atoms with van der Waals surface area (Å²) in [5.41, 5.74) is 7.04. The number of aromatic nitrogens is 4. The van der Waals surface area contributed by atoms with Crippen molar-refractivity contribution in [3.8, 4) is 0 Å². The van der Waals surface area contributed by atoms with Crippen LogP contribution < -0.4 is 5.73 Å². The molecule has 0 amide bonds. The number of thioether (sulfide) groups is 1. The number of anilines is 1. The predicted molar refractivity (Wildman–Crippen MR) is 112 cm³/mol. The van der Waals surface area contributed by atoms with Gasteiger partial charge in [-0.1, -0.05) is 25.6 Å². The van der Waals surface area contributed by atoms with E-state index in [-0.39, 0.29) is 30.2 Å². The summed E-state index contributed by atoms with van der Waals surface area (Å²) in [6.07, 6.45) is 2.57. The number of phosphoric acid groups is 1. The Hall–Kier alpha value is -0.770. The number of nitrogens with two attached hydrogens (primary N) is 1. The summed E-state index contributed by atoms with van der Waals surface area (Å²) >= 11 is 1.37. The maximum absolute atomic E-state index is 12.5. The Balaban J connectivity index is 1.53. The first kappa shape index (κ1) is 22.4. The van der Waals surface area contributed by atoms with Gasteiger partial charge in [-0.25, -0.2) is 28.1 Å². The molecule has 2 aromatic heterocycles. The maximum Gasteiger partial charge on any atom is 0.485 e. The van der Waals surface area contributed by atoms with Crippen LogP contribution in [0.4, 0.5) is 5.82 Å². The Morgan fingerprint density at radius 3 is 2.67 bits per heavy atom. The number of ether oxygens (including phenoxy) is 1. The van der Waals surface area contributed by atoms with Gasteiger partial charge in [0, 0.05) is 5.92 Å². The lowest BCUT2D eigenvalue weighted by Crippen LogP contribution is -2.22. The van der Waals surface area contributed by atoms with E-state index in [4.69, 9.17) is 23.6 Å². The lowest BCUT2D eigenvalue weighted by atomic mass is 9.93. The summed E-state index contributed by atoms with van der Waals surface area (Å²) in [5, 5.41) is 0.524. The van der Waals surface area contributed by atoms with Gasteiger partial charge in [0.05, 0.1) is 24.9 Å². The van der Waals surface area contributed by atoms with Crippen LogP contribution in [0.25, 0.3) is 11.2 Å². The van der Waals surface area contributed by atoms with Gasteiger partial charge in [-0.3, -0.25) is 18.2 Å². The quantitative estimate of drug-likeness (QED) is 0.365. The number of hydrogen-bond donors (Lipinski definition) is 1. The lowest BCUT2D eigenvalue weighted by Gasteiger charge is -2.23. The second kappa shape index (κ2) is 8.64. The minimum absolute atomic E-state index is 0.00268.